The molecule has 1 aliphatic rings. The molecule has 1 saturated heterocycles. The highest BCUT2D eigenvalue weighted by molar-refractivity contribution is 6.34. The molecule has 0 radical (unpaired) electrons. The molecule has 1 fully saturated rings. The molecule has 1 unspecified atom stereocenters. The van der Waals surface area contributed by atoms with Crippen molar-refractivity contribution in [3.05, 3.63) is 34.9 Å². The first-order valence-electron chi connectivity index (χ1n) is 5.70. The summed E-state index contributed by atoms with van der Waals surface area (Å²) in [5.74, 6) is 0.351. The Balaban J connectivity index is 1.79. The topological polar surface area (TPSA) is 35.5 Å². The van der Waals surface area contributed by atoms with E-state index in [1.807, 2.05) is 0 Å². The van der Waals surface area contributed by atoms with Crippen LogP contribution in [0.25, 0.3) is 0 Å². The molecular formula is C13H15ClO3. The van der Waals surface area contributed by atoms with E-state index in [1.54, 1.807) is 24.3 Å². The smallest absolute Gasteiger partial charge is 0.189 e. The van der Waals surface area contributed by atoms with Crippen LogP contribution in [0.4, 0.5) is 0 Å². The molecule has 1 atom stereocenters. The molecule has 0 spiro atoms. The molecule has 1 heterocycles. The number of carbonyl (C=O) groups excluding carboxylic acids is 1. The molecule has 4 heteroatoms. The van der Waals surface area contributed by atoms with E-state index < -0.39 is 0 Å². The summed E-state index contributed by atoms with van der Waals surface area (Å²) in [4.78, 5) is 11.8. The molecule has 0 aliphatic carbocycles. The number of halogens is 1. The summed E-state index contributed by atoms with van der Waals surface area (Å²) in [5.41, 5.74) is 0.525. The Bertz CT molecular complexity index is 386. The van der Waals surface area contributed by atoms with Gasteiger partial charge in [-0.2, -0.15) is 0 Å². The zero-order valence-electron chi connectivity index (χ0n) is 9.52. The highest BCUT2D eigenvalue weighted by Crippen LogP contribution is 2.16. The zero-order chi connectivity index (χ0) is 12.1. The monoisotopic (exact) mass is 254 g/mol. The molecule has 1 aromatic rings. The number of rotatable bonds is 5. The minimum absolute atomic E-state index is 0.0745. The number of benzene rings is 1. The third-order valence-electron chi connectivity index (χ3n) is 2.78. The summed E-state index contributed by atoms with van der Waals surface area (Å²) in [6.45, 7) is 2.20. The van der Waals surface area contributed by atoms with Crippen molar-refractivity contribution >= 4 is 17.4 Å². The van der Waals surface area contributed by atoms with E-state index in [0.29, 0.717) is 23.1 Å². The minimum Gasteiger partial charge on any atom is -0.381 e. The van der Waals surface area contributed by atoms with E-state index in [4.69, 9.17) is 21.1 Å². The molecule has 17 heavy (non-hydrogen) atoms. The van der Waals surface area contributed by atoms with Gasteiger partial charge in [-0.25, -0.2) is 0 Å². The Morgan fingerprint density at radius 3 is 3.00 bits per heavy atom. The van der Waals surface area contributed by atoms with E-state index in [1.165, 1.54) is 0 Å². The van der Waals surface area contributed by atoms with Gasteiger partial charge in [-0.15, -0.1) is 0 Å². The predicted octanol–water partition coefficient (Wildman–Crippen LogP) is 2.58. The fourth-order valence-electron chi connectivity index (χ4n) is 1.80. The number of hydrogen-bond acceptors (Lipinski definition) is 3. The highest BCUT2D eigenvalue weighted by Gasteiger charge is 2.16. The highest BCUT2D eigenvalue weighted by atomic mass is 35.5. The second-order valence-electron chi connectivity index (χ2n) is 4.15. The average Bonchev–Trinajstić information content (AvgIpc) is 2.82. The summed E-state index contributed by atoms with van der Waals surface area (Å²) < 4.78 is 10.6. The molecule has 1 aromatic carbocycles. The molecule has 0 saturated carbocycles. The van der Waals surface area contributed by atoms with Crippen molar-refractivity contribution in [2.45, 2.75) is 6.42 Å². The average molecular weight is 255 g/mol. The lowest BCUT2D eigenvalue weighted by atomic mass is 10.1. The lowest BCUT2D eigenvalue weighted by Crippen LogP contribution is -2.15. The second kappa shape index (κ2) is 6.15. The van der Waals surface area contributed by atoms with Gasteiger partial charge in [0, 0.05) is 18.1 Å². The predicted molar refractivity (Wildman–Crippen MR) is 65.5 cm³/mol. The van der Waals surface area contributed by atoms with Crippen LogP contribution in [-0.4, -0.2) is 32.2 Å². The molecule has 3 nitrogen and oxygen atoms in total. The molecule has 0 amide bonds. The summed E-state index contributed by atoms with van der Waals surface area (Å²) in [5, 5.41) is 0.477. The van der Waals surface area contributed by atoms with Crippen LogP contribution in [0.15, 0.2) is 24.3 Å². The molecule has 0 aromatic heterocycles. The Morgan fingerprint density at radius 2 is 2.29 bits per heavy atom. The van der Waals surface area contributed by atoms with Crippen LogP contribution < -0.4 is 0 Å². The number of hydrogen-bond donors (Lipinski definition) is 0. The fourth-order valence-corrected chi connectivity index (χ4v) is 2.04. The Kier molecular flexibility index (Phi) is 4.54. The summed E-state index contributed by atoms with van der Waals surface area (Å²) in [6, 6.07) is 7.02. The van der Waals surface area contributed by atoms with Gasteiger partial charge in [0.1, 0.15) is 6.61 Å². The first-order chi connectivity index (χ1) is 8.27. The maximum Gasteiger partial charge on any atom is 0.189 e. The van der Waals surface area contributed by atoms with Crippen LogP contribution in [0.5, 0.6) is 0 Å². The zero-order valence-corrected chi connectivity index (χ0v) is 10.3. The summed E-state index contributed by atoms with van der Waals surface area (Å²) in [7, 11) is 0. The van der Waals surface area contributed by atoms with Crippen LogP contribution in [0, 0.1) is 5.92 Å². The molecule has 0 N–H and O–H groups in total. The van der Waals surface area contributed by atoms with Crippen molar-refractivity contribution in [2.24, 2.45) is 5.92 Å². The van der Waals surface area contributed by atoms with Crippen molar-refractivity contribution in [3.8, 4) is 0 Å². The van der Waals surface area contributed by atoms with E-state index in [0.717, 1.165) is 19.6 Å². The number of ketones is 1. The lowest BCUT2D eigenvalue weighted by molar-refractivity contribution is 0.0652. The normalized spacial score (nSPS) is 19.5. The van der Waals surface area contributed by atoms with Gasteiger partial charge in [0.15, 0.2) is 5.78 Å². The minimum atomic E-state index is -0.0745. The molecular weight excluding hydrogens is 240 g/mol. The maximum atomic E-state index is 11.8. The quantitative estimate of drug-likeness (QED) is 0.758. The van der Waals surface area contributed by atoms with Crippen molar-refractivity contribution < 1.29 is 14.3 Å². The number of Topliss-reactive ketones (excluding diaryl/α,β-unsaturated/α-hetero) is 1. The first-order valence-corrected chi connectivity index (χ1v) is 6.08. The van der Waals surface area contributed by atoms with E-state index in [9.17, 15) is 4.79 Å². The standard InChI is InChI=1S/C13H15ClO3/c14-12-4-2-1-3-11(12)13(15)9-17-8-10-5-6-16-7-10/h1-4,10H,5-9H2. The third kappa shape index (κ3) is 3.53. The van der Waals surface area contributed by atoms with Gasteiger partial charge >= 0.3 is 0 Å². The third-order valence-corrected chi connectivity index (χ3v) is 3.11. The van der Waals surface area contributed by atoms with E-state index >= 15 is 0 Å². The van der Waals surface area contributed by atoms with Crippen LogP contribution in [0.1, 0.15) is 16.8 Å². The SMILES string of the molecule is O=C(COCC1CCOC1)c1ccccc1Cl. The Hall–Kier alpha value is -0.900. The van der Waals surface area contributed by atoms with Gasteiger partial charge < -0.3 is 9.47 Å². The first kappa shape index (κ1) is 12.6. The Morgan fingerprint density at radius 1 is 1.47 bits per heavy atom. The largest absolute Gasteiger partial charge is 0.381 e. The van der Waals surface area contributed by atoms with Gasteiger partial charge in [-0.3, -0.25) is 4.79 Å². The number of ether oxygens (including phenoxy) is 2. The molecule has 0 bridgehead atoms. The van der Waals surface area contributed by atoms with Crippen molar-refractivity contribution in [1.82, 2.24) is 0 Å². The Labute approximate surface area is 106 Å². The number of carbonyl (C=O) groups is 1. The van der Waals surface area contributed by atoms with Crippen molar-refractivity contribution in [3.63, 3.8) is 0 Å². The van der Waals surface area contributed by atoms with Gasteiger partial charge in [0.2, 0.25) is 0 Å². The van der Waals surface area contributed by atoms with Gasteiger partial charge in [0.05, 0.1) is 18.2 Å². The molecule has 2 rings (SSSR count). The van der Waals surface area contributed by atoms with E-state index in [2.05, 4.69) is 0 Å². The van der Waals surface area contributed by atoms with Gasteiger partial charge in [-0.05, 0) is 18.6 Å². The van der Waals surface area contributed by atoms with Gasteiger partial charge in [0.25, 0.3) is 0 Å². The van der Waals surface area contributed by atoms with E-state index in [-0.39, 0.29) is 12.4 Å². The second-order valence-corrected chi connectivity index (χ2v) is 4.55. The summed E-state index contributed by atoms with van der Waals surface area (Å²) in [6.07, 6.45) is 1.01. The van der Waals surface area contributed by atoms with Crippen LogP contribution >= 0.6 is 11.6 Å². The maximum absolute atomic E-state index is 11.8. The van der Waals surface area contributed by atoms with Crippen molar-refractivity contribution in [2.75, 3.05) is 26.4 Å². The van der Waals surface area contributed by atoms with Gasteiger partial charge in [-0.1, -0.05) is 23.7 Å². The van der Waals surface area contributed by atoms with Crippen LogP contribution in [-0.2, 0) is 9.47 Å². The van der Waals surface area contributed by atoms with Crippen LogP contribution in [0.3, 0.4) is 0 Å². The molecule has 1 aliphatic heterocycles. The fraction of sp³-hybridized carbons (Fsp3) is 0.462. The van der Waals surface area contributed by atoms with Crippen molar-refractivity contribution in [1.29, 1.82) is 0 Å². The van der Waals surface area contributed by atoms with Crippen LogP contribution in [0.2, 0.25) is 5.02 Å². The lowest BCUT2D eigenvalue weighted by Gasteiger charge is -2.08. The molecule has 92 valence electrons. The summed E-state index contributed by atoms with van der Waals surface area (Å²) >= 11 is 5.93.